The monoisotopic (exact) mass is 277 g/mol. The minimum absolute atomic E-state index is 0.00908. The van der Waals surface area contributed by atoms with E-state index in [9.17, 15) is 8.42 Å². The van der Waals surface area contributed by atoms with Crippen LogP contribution in [0.1, 0.15) is 39.0 Å². The van der Waals surface area contributed by atoms with Crippen LogP contribution < -0.4 is 4.72 Å². The highest BCUT2D eigenvalue weighted by molar-refractivity contribution is 7.89. The van der Waals surface area contributed by atoms with Gasteiger partial charge in [0.15, 0.2) is 0 Å². The normalized spacial score (nSPS) is 33.1. The Labute approximate surface area is 109 Å². The van der Waals surface area contributed by atoms with E-state index in [2.05, 4.69) is 4.72 Å². The zero-order valence-corrected chi connectivity index (χ0v) is 11.7. The van der Waals surface area contributed by atoms with E-state index >= 15 is 0 Å². The molecule has 0 spiro atoms. The van der Waals surface area contributed by atoms with Gasteiger partial charge < -0.3 is 9.47 Å². The first-order valence-electron chi connectivity index (χ1n) is 6.84. The molecule has 0 bridgehead atoms. The van der Waals surface area contributed by atoms with Gasteiger partial charge in [-0.3, -0.25) is 0 Å². The summed E-state index contributed by atoms with van der Waals surface area (Å²) >= 11 is 0. The number of hydrogen-bond donors (Lipinski definition) is 1. The summed E-state index contributed by atoms with van der Waals surface area (Å²) in [6, 6.07) is 0.00908. The molecule has 18 heavy (non-hydrogen) atoms. The van der Waals surface area contributed by atoms with Gasteiger partial charge in [-0.2, -0.15) is 0 Å². The quantitative estimate of drug-likeness (QED) is 0.815. The van der Waals surface area contributed by atoms with Crippen LogP contribution in [-0.4, -0.2) is 45.6 Å². The molecule has 5 nitrogen and oxygen atoms in total. The van der Waals surface area contributed by atoms with Crippen LogP contribution in [0.3, 0.4) is 0 Å². The van der Waals surface area contributed by atoms with Gasteiger partial charge in [0, 0.05) is 6.04 Å². The Balaban J connectivity index is 1.83. The molecule has 2 fully saturated rings. The fourth-order valence-corrected chi connectivity index (χ4v) is 4.13. The highest BCUT2D eigenvalue weighted by Gasteiger charge is 2.35. The number of unbranched alkanes of at least 4 members (excludes halogenated alkanes) is 1. The second-order valence-electron chi connectivity index (χ2n) is 5.12. The third-order valence-corrected chi connectivity index (χ3v) is 5.11. The van der Waals surface area contributed by atoms with Crippen LogP contribution in [0.4, 0.5) is 0 Å². The van der Waals surface area contributed by atoms with Gasteiger partial charge in [0.05, 0.1) is 31.2 Å². The lowest BCUT2D eigenvalue weighted by molar-refractivity contribution is -0.156. The molecule has 1 saturated heterocycles. The number of nitrogens with one attached hydrogen (secondary N) is 1. The molecule has 1 N–H and O–H groups in total. The van der Waals surface area contributed by atoms with Gasteiger partial charge >= 0.3 is 0 Å². The molecule has 1 aliphatic carbocycles. The Morgan fingerprint density at radius 1 is 1.17 bits per heavy atom. The standard InChI is InChI=1S/C12H23NO4S/c1-2-3-8-18(14,15)13-10-4-5-11-12(9-10)17-7-6-16-11/h10-13H,2-9H2,1H3. The minimum Gasteiger partial charge on any atom is -0.373 e. The summed E-state index contributed by atoms with van der Waals surface area (Å²) in [7, 11) is -3.13. The zero-order valence-electron chi connectivity index (χ0n) is 10.9. The van der Waals surface area contributed by atoms with Crippen molar-refractivity contribution in [3.8, 4) is 0 Å². The minimum atomic E-state index is -3.13. The van der Waals surface area contributed by atoms with Crippen LogP contribution in [0, 0.1) is 0 Å². The van der Waals surface area contributed by atoms with Crippen molar-refractivity contribution in [1.82, 2.24) is 4.72 Å². The summed E-state index contributed by atoms with van der Waals surface area (Å²) in [6.45, 7) is 3.28. The van der Waals surface area contributed by atoms with Crippen LogP contribution in [0.25, 0.3) is 0 Å². The summed E-state index contributed by atoms with van der Waals surface area (Å²) < 4.78 is 37.7. The third-order valence-electron chi connectivity index (χ3n) is 3.59. The van der Waals surface area contributed by atoms with Gasteiger partial charge in [-0.1, -0.05) is 13.3 Å². The van der Waals surface area contributed by atoms with Crippen molar-refractivity contribution in [1.29, 1.82) is 0 Å². The lowest BCUT2D eigenvalue weighted by atomic mass is 9.90. The Morgan fingerprint density at radius 2 is 1.89 bits per heavy atom. The first-order valence-corrected chi connectivity index (χ1v) is 8.49. The maximum Gasteiger partial charge on any atom is 0.211 e. The summed E-state index contributed by atoms with van der Waals surface area (Å²) in [5.41, 5.74) is 0. The lowest BCUT2D eigenvalue weighted by Crippen LogP contribution is -2.49. The Bertz CT molecular complexity index is 357. The molecule has 1 saturated carbocycles. The van der Waals surface area contributed by atoms with Crippen LogP contribution in [0.5, 0.6) is 0 Å². The maximum atomic E-state index is 11.8. The van der Waals surface area contributed by atoms with Crippen molar-refractivity contribution in [2.75, 3.05) is 19.0 Å². The summed E-state index contributed by atoms with van der Waals surface area (Å²) in [5.74, 6) is 0.228. The topological polar surface area (TPSA) is 64.6 Å². The first-order chi connectivity index (χ1) is 8.61. The van der Waals surface area contributed by atoms with Gasteiger partial charge in [0.25, 0.3) is 0 Å². The molecule has 1 aliphatic heterocycles. The van der Waals surface area contributed by atoms with E-state index in [-0.39, 0.29) is 24.0 Å². The van der Waals surface area contributed by atoms with Crippen molar-refractivity contribution < 1.29 is 17.9 Å². The molecule has 0 aromatic heterocycles. The van der Waals surface area contributed by atoms with Gasteiger partial charge in [0.1, 0.15) is 0 Å². The van der Waals surface area contributed by atoms with Gasteiger partial charge in [-0.15, -0.1) is 0 Å². The molecule has 0 amide bonds. The van der Waals surface area contributed by atoms with E-state index in [0.29, 0.717) is 19.6 Å². The first kappa shape index (κ1) is 14.2. The average molecular weight is 277 g/mol. The van der Waals surface area contributed by atoms with E-state index in [1.54, 1.807) is 0 Å². The average Bonchev–Trinajstić information content (AvgIpc) is 2.36. The Morgan fingerprint density at radius 3 is 2.61 bits per heavy atom. The van der Waals surface area contributed by atoms with Crippen LogP contribution in [0.2, 0.25) is 0 Å². The third kappa shape index (κ3) is 3.91. The number of ether oxygens (including phenoxy) is 2. The van der Waals surface area contributed by atoms with Gasteiger partial charge in [-0.25, -0.2) is 13.1 Å². The van der Waals surface area contributed by atoms with E-state index < -0.39 is 10.0 Å². The molecular formula is C12H23NO4S. The van der Waals surface area contributed by atoms with Gasteiger partial charge in [-0.05, 0) is 25.7 Å². The molecule has 2 rings (SSSR count). The maximum absolute atomic E-state index is 11.8. The highest BCUT2D eigenvalue weighted by atomic mass is 32.2. The fourth-order valence-electron chi connectivity index (χ4n) is 2.62. The Kier molecular flexibility index (Phi) is 5.00. The second kappa shape index (κ2) is 6.32. The second-order valence-corrected chi connectivity index (χ2v) is 6.99. The van der Waals surface area contributed by atoms with Crippen molar-refractivity contribution in [3.05, 3.63) is 0 Å². The van der Waals surface area contributed by atoms with Crippen molar-refractivity contribution in [2.45, 2.75) is 57.3 Å². The lowest BCUT2D eigenvalue weighted by Gasteiger charge is -2.38. The summed E-state index contributed by atoms with van der Waals surface area (Å²) in [5, 5.41) is 0. The SMILES string of the molecule is CCCCS(=O)(=O)NC1CCC2OCCOC2C1. The fraction of sp³-hybridized carbons (Fsp3) is 1.00. The molecule has 1 heterocycles. The molecule has 106 valence electrons. The molecular weight excluding hydrogens is 254 g/mol. The molecule has 0 aromatic rings. The molecule has 3 atom stereocenters. The van der Waals surface area contributed by atoms with E-state index in [1.165, 1.54) is 0 Å². The number of rotatable bonds is 5. The zero-order chi connectivity index (χ0) is 13.0. The predicted molar refractivity (Wildman–Crippen MR) is 68.9 cm³/mol. The van der Waals surface area contributed by atoms with Crippen molar-refractivity contribution in [2.24, 2.45) is 0 Å². The molecule has 2 aliphatic rings. The van der Waals surface area contributed by atoms with Crippen LogP contribution >= 0.6 is 0 Å². The largest absolute Gasteiger partial charge is 0.373 e. The molecule has 0 aromatic carbocycles. The van der Waals surface area contributed by atoms with E-state index in [0.717, 1.165) is 25.7 Å². The summed E-state index contributed by atoms with van der Waals surface area (Å²) in [4.78, 5) is 0. The van der Waals surface area contributed by atoms with Crippen molar-refractivity contribution >= 4 is 10.0 Å². The summed E-state index contributed by atoms with van der Waals surface area (Å²) in [6.07, 6.45) is 4.29. The van der Waals surface area contributed by atoms with Crippen LogP contribution in [-0.2, 0) is 19.5 Å². The number of fused-ring (bicyclic) bond motifs is 1. The Hall–Kier alpha value is -0.170. The van der Waals surface area contributed by atoms with Gasteiger partial charge in [0.2, 0.25) is 10.0 Å². The molecule has 6 heteroatoms. The number of sulfonamides is 1. The highest BCUT2D eigenvalue weighted by Crippen LogP contribution is 2.27. The van der Waals surface area contributed by atoms with Crippen molar-refractivity contribution in [3.63, 3.8) is 0 Å². The van der Waals surface area contributed by atoms with E-state index in [1.807, 2.05) is 6.92 Å². The molecule has 3 unspecified atom stereocenters. The van der Waals surface area contributed by atoms with Crippen LogP contribution in [0.15, 0.2) is 0 Å². The van der Waals surface area contributed by atoms with E-state index in [4.69, 9.17) is 9.47 Å². The molecule has 0 radical (unpaired) electrons. The number of hydrogen-bond acceptors (Lipinski definition) is 4. The smallest absolute Gasteiger partial charge is 0.211 e. The predicted octanol–water partition coefficient (Wildman–Crippen LogP) is 1.04.